The van der Waals surface area contributed by atoms with Crippen molar-refractivity contribution >= 4 is 26.8 Å². The van der Waals surface area contributed by atoms with Crippen molar-refractivity contribution in [2.75, 3.05) is 0 Å². The van der Waals surface area contributed by atoms with Gasteiger partial charge in [-0.25, -0.2) is 4.98 Å². The SMILES string of the molecule is FC(F)(F)c1cc(Oc2ccccc2C(F)(F)F)c2cccc(Br)c2n1. The van der Waals surface area contributed by atoms with Crippen molar-refractivity contribution in [2.45, 2.75) is 12.4 Å². The highest BCUT2D eigenvalue weighted by atomic mass is 79.9. The largest absolute Gasteiger partial charge is 0.456 e. The molecule has 26 heavy (non-hydrogen) atoms. The predicted octanol–water partition coefficient (Wildman–Crippen LogP) is 6.83. The normalized spacial score (nSPS) is 12.4. The number of aromatic nitrogens is 1. The Kier molecular flexibility index (Phi) is 4.60. The third-order valence-corrected chi connectivity index (χ3v) is 4.10. The van der Waals surface area contributed by atoms with Gasteiger partial charge in [0, 0.05) is 15.9 Å². The van der Waals surface area contributed by atoms with E-state index in [-0.39, 0.29) is 21.1 Å². The van der Waals surface area contributed by atoms with E-state index < -0.39 is 29.4 Å². The Morgan fingerprint density at radius 2 is 1.50 bits per heavy atom. The Balaban J connectivity index is 2.22. The highest BCUT2D eigenvalue weighted by Gasteiger charge is 2.36. The van der Waals surface area contributed by atoms with E-state index in [4.69, 9.17) is 4.74 Å². The lowest BCUT2D eigenvalue weighted by Crippen LogP contribution is -2.10. The molecule has 3 aromatic rings. The smallest absolute Gasteiger partial charge is 0.433 e. The van der Waals surface area contributed by atoms with Crippen LogP contribution in [0, 0.1) is 0 Å². The maximum Gasteiger partial charge on any atom is 0.433 e. The van der Waals surface area contributed by atoms with Crippen LogP contribution in [0.2, 0.25) is 0 Å². The lowest BCUT2D eigenvalue weighted by Gasteiger charge is -2.16. The Labute approximate surface area is 151 Å². The third-order valence-electron chi connectivity index (χ3n) is 3.46. The van der Waals surface area contributed by atoms with Crippen molar-refractivity contribution in [3.8, 4) is 11.5 Å². The summed E-state index contributed by atoms with van der Waals surface area (Å²) < 4.78 is 84.2. The summed E-state index contributed by atoms with van der Waals surface area (Å²) in [5.41, 5.74) is -2.42. The molecule has 0 unspecified atom stereocenters. The molecule has 0 aliphatic carbocycles. The number of para-hydroxylation sites is 2. The van der Waals surface area contributed by atoms with E-state index in [2.05, 4.69) is 20.9 Å². The molecule has 9 heteroatoms. The predicted molar refractivity (Wildman–Crippen MR) is 86.0 cm³/mol. The summed E-state index contributed by atoms with van der Waals surface area (Å²) in [6.07, 6.45) is -9.50. The van der Waals surface area contributed by atoms with Crippen molar-refractivity contribution in [3.05, 3.63) is 64.3 Å². The Morgan fingerprint density at radius 1 is 0.808 bits per heavy atom. The maximum atomic E-state index is 13.1. The minimum Gasteiger partial charge on any atom is -0.456 e. The number of rotatable bonds is 2. The molecule has 1 heterocycles. The standard InChI is InChI=1S/C17H8BrF6NO/c18-11-6-3-4-9-13(8-14(17(22,23)24)25-15(9)11)26-12-7-2-1-5-10(12)16(19,20)21/h1-8H. The Hall–Kier alpha value is -2.29. The first-order valence-corrected chi connectivity index (χ1v) is 7.87. The number of ether oxygens (including phenoxy) is 1. The first-order valence-electron chi connectivity index (χ1n) is 7.08. The molecule has 136 valence electrons. The fraction of sp³-hybridized carbons (Fsp3) is 0.118. The van der Waals surface area contributed by atoms with Gasteiger partial charge in [-0.05, 0) is 40.2 Å². The number of halogens is 7. The van der Waals surface area contributed by atoms with Crippen LogP contribution in [0.4, 0.5) is 26.3 Å². The van der Waals surface area contributed by atoms with Gasteiger partial charge in [-0.3, -0.25) is 0 Å². The van der Waals surface area contributed by atoms with Gasteiger partial charge in [-0.2, -0.15) is 26.3 Å². The van der Waals surface area contributed by atoms with Gasteiger partial charge in [0.1, 0.15) is 17.2 Å². The summed E-state index contributed by atoms with van der Waals surface area (Å²) in [5.74, 6) is -0.971. The fourth-order valence-electron chi connectivity index (χ4n) is 2.32. The molecule has 0 N–H and O–H groups in total. The number of hydrogen-bond donors (Lipinski definition) is 0. The van der Waals surface area contributed by atoms with Crippen LogP contribution in [0.1, 0.15) is 11.3 Å². The van der Waals surface area contributed by atoms with E-state index in [1.807, 2.05) is 0 Å². The van der Waals surface area contributed by atoms with Crippen LogP contribution < -0.4 is 4.74 Å². The molecule has 1 aromatic heterocycles. The molecule has 0 spiro atoms. The molecule has 0 atom stereocenters. The summed E-state index contributed by atoms with van der Waals surface area (Å²) in [4.78, 5) is 3.55. The van der Waals surface area contributed by atoms with Crippen LogP contribution in [-0.4, -0.2) is 4.98 Å². The first kappa shape index (κ1) is 18.5. The molecule has 0 radical (unpaired) electrons. The van der Waals surface area contributed by atoms with Crippen molar-refractivity contribution < 1.29 is 31.1 Å². The summed E-state index contributed by atoms with van der Waals surface area (Å²) >= 11 is 3.10. The van der Waals surface area contributed by atoms with Gasteiger partial charge < -0.3 is 4.74 Å². The van der Waals surface area contributed by atoms with E-state index in [9.17, 15) is 26.3 Å². The molecule has 0 saturated heterocycles. The van der Waals surface area contributed by atoms with Gasteiger partial charge in [0.15, 0.2) is 0 Å². The zero-order valence-electron chi connectivity index (χ0n) is 12.6. The molecule has 2 nitrogen and oxygen atoms in total. The molecular weight excluding hydrogens is 428 g/mol. The van der Waals surface area contributed by atoms with E-state index in [1.165, 1.54) is 24.3 Å². The Morgan fingerprint density at radius 3 is 2.15 bits per heavy atom. The molecule has 2 aromatic carbocycles. The Bertz CT molecular complexity index is 968. The van der Waals surface area contributed by atoms with Crippen LogP contribution in [-0.2, 0) is 12.4 Å². The maximum absolute atomic E-state index is 13.1. The minimum atomic E-state index is -4.79. The molecule has 0 aliphatic rings. The van der Waals surface area contributed by atoms with E-state index in [0.717, 1.165) is 18.2 Å². The van der Waals surface area contributed by atoms with Gasteiger partial charge in [0.2, 0.25) is 0 Å². The van der Waals surface area contributed by atoms with Crippen molar-refractivity contribution in [3.63, 3.8) is 0 Å². The number of benzene rings is 2. The average molecular weight is 436 g/mol. The van der Waals surface area contributed by atoms with Crippen molar-refractivity contribution in [1.29, 1.82) is 0 Å². The number of alkyl halides is 6. The minimum absolute atomic E-state index is 0.0678. The van der Waals surface area contributed by atoms with Gasteiger partial charge in [0.05, 0.1) is 11.1 Å². The molecule has 0 aliphatic heterocycles. The summed E-state index contributed by atoms with van der Waals surface area (Å²) in [6.45, 7) is 0. The van der Waals surface area contributed by atoms with E-state index >= 15 is 0 Å². The molecule has 0 amide bonds. The second kappa shape index (κ2) is 6.46. The van der Waals surface area contributed by atoms with Gasteiger partial charge >= 0.3 is 12.4 Å². The second-order valence-electron chi connectivity index (χ2n) is 5.24. The number of fused-ring (bicyclic) bond motifs is 1. The number of nitrogens with zero attached hydrogens (tertiary/aromatic N) is 1. The fourth-order valence-corrected chi connectivity index (χ4v) is 2.78. The number of hydrogen-bond acceptors (Lipinski definition) is 2. The molecule has 0 saturated carbocycles. The highest BCUT2D eigenvalue weighted by molar-refractivity contribution is 9.10. The quantitative estimate of drug-likeness (QED) is 0.411. The second-order valence-corrected chi connectivity index (χ2v) is 6.09. The highest BCUT2D eigenvalue weighted by Crippen LogP contribution is 2.41. The van der Waals surface area contributed by atoms with Gasteiger partial charge in [-0.1, -0.05) is 18.2 Å². The van der Waals surface area contributed by atoms with Crippen molar-refractivity contribution in [1.82, 2.24) is 4.98 Å². The summed E-state index contributed by atoms with van der Waals surface area (Å²) in [6, 6.07) is 9.29. The van der Waals surface area contributed by atoms with Crippen LogP contribution in [0.3, 0.4) is 0 Å². The monoisotopic (exact) mass is 435 g/mol. The third kappa shape index (κ3) is 3.62. The van der Waals surface area contributed by atoms with Crippen LogP contribution in [0.15, 0.2) is 53.0 Å². The zero-order chi connectivity index (χ0) is 19.1. The summed E-state index contributed by atoms with van der Waals surface area (Å²) in [7, 11) is 0. The zero-order valence-corrected chi connectivity index (χ0v) is 14.2. The van der Waals surface area contributed by atoms with Gasteiger partial charge in [0.25, 0.3) is 0 Å². The molecular formula is C17H8BrF6NO. The van der Waals surface area contributed by atoms with Crippen LogP contribution in [0.5, 0.6) is 11.5 Å². The average Bonchev–Trinajstić information content (AvgIpc) is 2.54. The van der Waals surface area contributed by atoms with Crippen molar-refractivity contribution in [2.24, 2.45) is 0 Å². The lowest BCUT2D eigenvalue weighted by atomic mass is 10.1. The molecule has 0 fully saturated rings. The topological polar surface area (TPSA) is 22.1 Å². The van der Waals surface area contributed by atoms with Crippen LogP contribution >= 0.6 is 15.9 Å². The van der Waals surface area contributed by atoms with E-state index in [0.29, 0.717) is 6.07 Å². The lowest BCUT2D eigenvalue weighted by molar-refractivity contribution is -0.141. The van der Waals surface area contributed by atoms with Crippen LogP contribution in [0.25, 0.3) is 10.9 Å². The molecule has 0 bridgehead atoms. The molecule has 3 rings (SSSR count). The number of pyridine rings is 1. The van der Waals surface area contributed by atoms with E-state index in [1.54, 1.807) is 0 Å². The first-order chi connectivity index (χ1) is 12.1. The summed E-state index contributed by atoms with van der Waals surface area (Å²) in [5, 5.41) is 0.143. The van der Waals surface area contributed by atoms with Gasteiger partial charge in [-0.15, -0.1) is 0 Å².